The average molecular weight is 210 g/mol. The summed E-state index contributed by atoms with van der Waals surface area (Å²) in [4.78, 5) is 12.2. The maximum Gasteiger partial charge on any atom is 0.407 e. The standard InChI is InChI=1S/C9H14N4O2/c10-7-4-11-13(5-7)8-2-1-3-12(6-8)9(14)15/h4-5,8H,1-3,6,10H2,(H,14,15). The van der Waals surface area contributed by atoms with E-state index in [9.17, 15) is 4.79 Å². The minimum Gasteiger partial charge on any atom is -0.465 e. The van der Waals surface area contributed by atoms with Gasteiger partial charge in [-0.05, 0) is 12.8 Å². The van der Waals surface area contributed by atoms with E-state index in [1.807, 2.05) is 0 Å². The molecule has 1 aromatic heterocycles. The maximum absolute atomic E-state index is 10.8. The Hall–Kier alpha value is -1.72. The molecular weight excluding hydrogens is 196 g/mol. The molecule has 82 valence electrons. The first-order chi connectivity index (χ1) is 7.16. The molecule has 1 aliphatic rings. The molecular formula is C9H14N4O2. The number of likely N-dealkylation sites (tertiary alicyclic amines) is 1. The van der Waals surface area contributed by atoms with Crippen molar-refractivity contribution in [2.75, 3.05) is 18.8 Å². The van der Waals surface area contributed by atoms with E-state index in [-0.39, 0.29) is 6.04 Å². The first-order valence-electron chi connectivity index (χ1n) is 4.94. The van der Waals surface area contributed by atoms with Crippen LogP contribution < -0.4 is 5.73 Å². The second-order valence-electron chi connectivity index (χ2n) is 3.78. The lowest BCUT2D eigenvalue weighted by atomic mass is 10.1. The molecule has 0 bridgehead atoms. The molecule has 0 saturated carbocycles. The van der Waals surface area contributed by atoms with Gasteiger partial charge in [-0.2, -0.15) is 5.10 Å². The second-order valence-corrected chi connectivity index (χ2v) is 3.78. The van der Waals surface area contributed by atoms with E-state index >= 15 is 0 Å². The Labute approximate surface area is 87.3 Å². The van der Waals surface area contributed by atoms with Gasteiger partial charge in [-0.1, -0.05) is 0 Å². The topological polar surface area (TPSA) is 84.4 Å². The molecule has 0 radical (unpaired) electrons. The van der Waals surface area contributed by atoms with Gasteiger partial charge >= 0.3 is 6.09 Å². The number of nitrogen functional groups attached to an aromatic ring is 1. The lowest BCUT2D eigenvalue weighted by Crippen LogP contribution is -2.39. The number of hydrogen-bond donors (Lipinski definition) is 2. The summed E-state index contributed by atoms with van der Waals surface area (Å²) >= 11 is 0. The summed E-state index contributed by atoms with van der Waals surface area (Å²) in [5.41, 5.74) is 6.18. The molecule has 6 nitrogen and oxygen atoms in total. The van der Waals surface area contributed by atoms with Gasteiger partial charge in [-0.15, -0.1) is 0 Å². The van der Waals surface area contributed by atoms with Gasteiger partial charge in [0.25, 0.3) is 0 Å². The first-order valence-corrected chi connectivity index (χ1v) is 4.94. The summed E-state index contributed by atoms with van der Waals surface area (Å²) in [6.07, 6.45) is 4.29. The van der Waals surface area contributed by atoms with Crippen LogP contribution in [0.5, 0.6) is 0 Å². The van der Waals surface area contributed by atoms with Gasteiger partial charge in [-0.25, -0.2) is 4.79 Å². The van der Waals surface area contributed by atoms with Crippen molar-refractivity contribution in [2.45, 2.75) is 18.9 Å². The third-order valence-corrected chi connectivity index (χ3v) is 2.66. The molecule has 1 aliphatic heterocycles. The zero-order chi connectivity index (χ0) is 10.8. The van der Waals surface area contributed by atoms with Crippen molar-refractivity contribution in [1.29, 1.82) is 0 Å². The fourth-order valence-electron chi connectivity index (χ4n) is 1.90. The number of nitrogens with two attached hydrogens (primary N) is 1. The molecule has 1 saturated heterocycles. The number of carboxylic acid groups (broad SMARTS) is 1. The Morgan fingerprint density at radius 3 is 3.07 bits per heavy atom. The van der Waals surface area contributed by atoms with Crippen molar-refractivity contribution in [1.82, 2.24) is 14.7 Å². The molecule has 1 fully saturated rings. The molecule has 2 rings (SSSR count). The Balaban J connectivity index is 2.07. The molecule has 15 heavy (non-hydrogen) atoms. The second kappa shape index (κ2) is 3.80. The lowest BCUT2D eigenvalue weighted by molar-refractivity contribution is 0.119. The number of anilines is 1. The van der Waals surface area contributed by atoms with Crippen LogP contribution in [0.25, 0.3) is 0 Å². The average Bonchev–Trinajstić information content (AvgIpc) is 2.65. The summed E-state index contributed by atoms with van der Waals surface area (Å²) in [6, 6.07) is 0.118. The van der Waals surface area contributed by atoms with Gasteiger partial charge in [0.1, 0.15) is 0 Å². The van der Waals surface area contributed by atoms with Crippen LogP contribution in [0.2, 0.25) is 0 Å². The highest BCUT2D eigenvalue weighted by Crippen LogP contribution is 2.21. The first kappa shape index (κ1) is 9.82. The molecule has 0 spiro atoms. The van der Waals surface area contributed by atoms with E-state index in [4.69, 9.17) is 10.8 Å². The SMILES string of the molecule is Nc1cnn(C2CCCN(C(=O)O)C2)c1. The van der Waals surface area contributed by atoms with Crippen LogP contribution in [-0.4, -0.2) is 39.0 Å². The number of rotatable bonds is 1. The Morgan fingerprint density at radius 1 is 1.67 bits per heavy atom. The van der Waals surface area contributed by atoms with Gasteiger partial charge in [0.05, 0.1) is 17.9 Å². The maximum atomic E-state index is 10.8. The third kappa shape index (κ3) is 2.03. The van der Waals surface area contributed by atoms with Gasteiger partial charge < -0.3 is 15.7 Å². The highest BCUT2D eigenvalue weighted by molar-refractivity contribution is 5.65. The van der Waals surface area contributed by atoms with Crippen molar-refractivity contribution >= 4 is 11.8 Å². The Morgan fingerprint density at radius 2 is 2.47 bits per heavy atom. The zero-order valence-corrected chi connectivity index (χ0v) is 8.33. The van der Waals surface area contributed by atoms with E-state index in [2.05, 4.69) is 5.10 Å². The number of amides is 1. The van der Waals surface area contributed by atoms with Crippen LogP contribution in [0.15, 0.2) is 12.4 Å². The van der Waals surface area contributed by atoms with E-state index < -0.39 is 6.09 Å². The summed E-state index contributed by atoms with van der Waals surface area (Å²) in [5, 5.41) is 13.0. The van der Waals surface area contributed by atoms with Crippen LogP contribution >= 0.6 is 0 Å². The number of hydrogen-bond acceptors (Lipinski definition) is 3. The van der Waals surface area contributed by atoms with Gasteiger partial charge in [0, 0.05) is 19.3 Å². The van der Waals surface area contributed by atoms with Crippen molar-refractivity contribution < 1.29 is 9.90 Å². The number of nitrogens with zero attached hydrogens (tertiary/aromatic N) is 3. The van der Waals surface area contributed by atoms with Gasteiger partial charge in [0.15, 0.2) is 0 Å². The Bertz CT molecular complexity index is 363. The summed E-state index contributed by atoms with van der Waals surface area (Å²) in [6.45, 7) is 1.11. The lowest BCUT2D eigenvalue weighted by Gasteiger charge is -2.30. The van der Waals surface area contributed by atoms with Crippen LogP contribution in [-0.2, 0) is 0 Å². The van der Waals surface area contributed by atoms with E-state index in [0.717, 1.165) is 12.8 Å². The predicted molar refractivity (Wildman–Crippen MR) is 54.5 cm³/mol. The number of carbonyl (C=O) groups is 1. The minimum atomic E-state index is -0.861. The van der Waals surface area contributed by atoms with E-state index in [1.54, 1.807) is 17.1 Å². The summed E-state index contributed by atoms with van der Waals surface area (Å²) in [7, 11) is 0. The minimum absolute atomic E-state index is 0.118. The fraction of sp³-hybridized carbons (Fsp3) is 0.556. The van der Waals surface area contributed by atoms with E-state index in [0.29, 0.717) is 18.8 Å². The molecule has 1 unspecified atom stereocenters. The predicted octanol–water partition coefficient (Wildman–Crippen LogP) is 0.780. The van der Waals surface area contributed by atoms with Crippen LogP contribution in [0, 0.1) is 0 Å². The quantitative estimate of drug-likeness (QED) is 0.717. The zero-order valence-electron chi connectivity index (χ0n) is 8.33. The summed E-state index contributed by atoms with van der Waals surface area (Å²) < 4.78 is 1.75. The van der Waals surface area contributed by atoms with E-state index in [1.165, 1.54) is 4.90 Å². The van der Waals surface area contributed by atoms with Crippen LogP contribution in [0.4, 0.5) is 10.5 Å². The van der Waals surface area contributed by atoms with Crippen molar-refractivity contribution in [3.8, 4) is 0 Å². The molecule has 0 aliphatic carbocycles. The molecule has 1 atom stereocenters. The molecule has 2 heterocycles. The van der Waals surface area contributed by atoms with Crippen LogP contribution in [0.1, 0.15) is 18.9 Å². The molecule has 1 aromatic rings. The van der Waals surface area contributed by atoms with Crippen molar-refractivity contribution in [3.05, 3.63) is 12.4 Å². The molecule has 0 aromatic carbocycles. The normalized spacial score (nSPS) is 21.6. The van der Waals surface area contributed by atoms with Crippen molar-refractivity contribution in [2.24, 2.45) is 0 Å². The van der Waals surface area contributed by atoms with Crippen LogP contribution in [0.3, 0.4) is 0 Å². The highest BCUT2D eigenvalue weighted by atomic mass is 16.4. The summed E-state index contributed by atoms with van der Waals surface area (Å²) in [5.74, 6) is 0. The fourth-order valence-corrected chi connectivity index (χ4v) is 1.90. The highest BCUT2D eigenvalue weighted by Gasteiger charge is 2.24. The monoisotopic (exact) mass is 210 g/mol. The van der Waals surface area contributed by atoms with Crippen molar-refractivity contribution in [3.63, 3.8) is 0 Å². The van der Waals surface area contributed by atoms with Gasteiger partial charge in [0.2, 0.25) is 0 Å². The molecule has 3 N–H and O–H groups in total. The number of aromatic nitrogens is 2. The Kier molecular flexibility index (Phi) is 2.49. The van der Waals surface area contributed by atoms with Gasteiger partial charge in [-0.3, -0.25) is 4.68 Å². The third-order valence-electron chi connectivity index (χ3n) is 2.66. The molecule has 1 amide bonds. The number of piperidine rings is 1. The largest absolute Gasteiger partial charge is 0.465 e. The molecule has 6 heteroatoms. The smallest absolute Gasteiger partial charge is 0.407 e.